The van der Waals surface area contributed by atoms with Gasteiger partial charge in [0.25, 0.3) is 0 Å². The second kappa shape index (κ2) is 7.73. The molecule has 3 nitrogen and oxygen atoms in total. The maximum absolute atomic E-state index is 11.2. The number of benzene rings is 1. The van der Waals surface area contributed by atoms with Crippen LogP contribution < -0.4 is 4.74 Å². The highest BCUT2D eigenvalue weighted by Crippen LogP contribution is 2.29. The monoisotopic (exact) mass is 276 g/mol. The largest absolute Gasteiger partial charge is 0.489 e. The third-order valence-electron chi connectivity index (χ3n) is 2.99. The van der Waals surface area contributed by atoms with Crippen molar-refractivity contribution in [1.82, 2.24) is 0 Å². The molecule has 0 radical (unpaired) electrons. The van der Waals surface area contributed by atoms with Gasteiger partial charge >= 0.3 is 5.97 Å². The van der Waals surface area contributed by atoms with Crippen molar-refractivity contribution in [3.8, 4) is 5.75 Å². The minimum atomic E-state index is -0.883. The first-order valence-corrected chi connectivity index (χ1v) is 7.15. The van der Waals surface area contributed by atoms with E-state index < -0.39 is 5.97 Å². The smallest absolute Gasteiger partial charge is 0.335 e. The first kappa shape index (κ1) is 16.3. The normalized spacial score (nSPS) is 10.3. The molecule has 110 valence electrons. The molecule has 1 aromatic carbocycles. The maximum atomic E-state index is 11.2. The standard InChI is InChI=1S/C17H24O3/c1-5-7-13-9-15(17(18)19)10-14(8-6-2)16(13)20-11-12(3)4/h9-10H,3,5-8,11H2,1-2,4H3,(H,18,19). The van der Waals surface area contributed by atoms with Crippen LogP contribution in [0.25, 0.3) is 0 Å². The number of aromatic carboxylic acids is 1. The van der Waals surface area contributed by atoms with Crippen LogP contribution in [0.15, 0.2) is 24.3 Å². The van der Waals surface area contributed by atoms with E-state index in [1.165, 1.54) is 0 Å². The Bertz CT molecular complexity index is 462. The molecule has 0 aromatic heterocycles. The van der Waals surface area contributed by atoms with Crippen molar-refractivity contribution >= 4 is 5.97 Å². The molecule has 3 heteroatoms. The Balaban J connectivity index is 3.25. The molecule has 1 aromatic rings. The average Bonchev–Trinajstić information content (AvgIpc) is 2.37. The maximum Gasteiger partial charge on any atom is 0.335 e. The van der Waals surface area contributed by atoms with Crippen molar-refractivity contribution in [2.75, 3.05) is 6.61 Å². The fourth-order valence-electron chi connectivity index (χ4n) is 2.17. The van der Waals surface area contributed by atoms with Gasteiger partial charge in [0.2, 0.25) is 0 Å². The van der Waals surface area contributed by atoms with Crippen molar-refractivity contribution in [2.45, 2.75) is 46.5 Å². The van der Waals surface area contributed by atoms with E-state index in [-0.39, 0.29) is 0 Å². The molecule has 0 aliphatic carbocycles. The van der Waals surface area contributed by atoms with Gasteiger partial charge in [-0.2, -0.15) is 0 Å². The molecule has 0 aliphatic heterocycles. The number of aryl methyl sites for hydroxylation is 2. The van der Waals surface area contributed by atoms with Gasteiger partial charge in [0, 0.05) is 0 Å². The van der Waals surface area contributed by atoms with E-state index in [1.54, 1.807) is 12.1 Å². The number of carbonyl (C=O) groups is 1. The van der Waals surface area contributed by atoms with Gasteiger partial charge in [-0.15, -0.1) is 0 Å². The van der Waals surface area contributed by atoms with E-state index in [0.29, 0.717) is 12.2 Å². The van der Waals surface area contributed by atoms with Crippen molar-refractivity contribution < 1.29 is 14.6 Å². The molecule has 0 saturated heterocycles. The minimum absolute atomic E-state index is 0.347. The van der Waals surface area contributed by atoms with Crippen LogP contribution in [0.4, 0.5) is 0 Å². The van der Waals surface area contributed by atoms with Gasteiger partial charge in [0.15, 0.2) is 0 Å². The van der Waals surface area contributed by atoms with Crippen molar-refractivity contribution in [3.63, 3.8) is 0 Å². The number of carboxylic acids is 1. The summed E-state index contributed by atoms with van der Waals surface area (Å²) in [5.41, 5.74) is 3.27. The van der Waals surface area contributed by atoms with Crippen LogP contribution in [0, 0.1) is 0 Å². The van der Waals surface area contributed by atoms with Gasteiger partial charge in [-0.1, -0.05) is 33.3 Å². The molecule has 0 aliphatic rings. The minimum Gasteiger partial charge on any atom is -0.489 e. The van der Waals surface area contributed by atoms with Gasteiger partial charge in [-0.05, 0) is 48.6 Å². The predicted octanol–water partition coefficient (Wildman–Crippen LogP) is 4.24. The number of ether oxygens (including phenoxy) is 1. The van der Waals surface area contributed by atoms with Gasteiger partial charge in [-0.3, -0.25) is 0 Å². The zero-order valence-corrected chi connectivity index (χ0v) is 12.7. The zero-order valence-electron chi connectivity index (χ0n) is 12.7. The van der Waals surface area contributed by atoms with Gasteiger partial charge in [-0.25, -0.2) is 4.79 Å². The lowest BCUT2D eigenvalue weighted by Gasteiger charge is -2.17. The Hall–Kier alpha value is -1.77. The molecular formula is C17H24O3. The molecule has 1 N–H and O–H groups in total. The van der Waals surface area contributed by atoms with E-state index in [9.17, 15) is 9.90 Å². The molecule has 0 fully saturated rings. The molecule has 0 spiro atoms. The molecule has 1 rings (SSSR count). The van der Waals surface area contributed by atoms with Crippen LogP contribution in [0.1, 0.15) is 55.1 Å². The summed E-state index contributed by atoms with van der Waals surface area (Å²) in [6, 6.07) is 3.47. The van der Waals surface area contributed by atoms with E-state index in [0.717, 1.165) is 48.1 Å². The fourth-order valence-corrected chi connectivity index (χ4v) is 2.17. The number of carboxylic acid groups (broad SMARTS) is 1. The highest BCUT2D eigenvalue weighted by molar-refractivity contribution is 5.88. The van der Waals surface area contributed by atoms with Gasteiger partial charge in [0.1, 0.15) is 12.4 Å². The highest BCUT2D eigenvalue weighted by atomic mass is 16.5. The Morgan fingerprint density at radius 3 is 2.05 bits per heavy atom. The predicted molar refractivity (Wildman–Crippen MR) is 81.7 cm³/mol. The third kappa shape index (κ3) is 4.41. The summed E-state index contributed by atoms with van der Waals surface area (Å²) >= 11 is 0. The third-order valence-corrected chi connectivity index (χ3v) is 2.99. The summed E-state index contributed by atoms with van der Waals surface area (Å²) in [6.45, 7) is 10.4. The van der Waals surface area contributed by atoms with Crippen molar-refractivity contribution in [2.24, 2.45) is 0 Å². The summed E-state index contributed by atoms with van der Waals surface area (Å²) in [7, 11) is 0. The summed E-state index contributed by atoms with van der Waals surface area (Å²) in [5.74, 6) is -0.0344. The van der Waals surface area contributed by atoms with Gasteiger partial charge in [0.05, 0.1) is 5.56 Å². The molecule has 0 bridgehead atoms. The molecule has 0 amide bonds. The Kier molecular flexibility index (Phi) is 6.29. The quantitative estimate of drug-likeness (QED) is 0.722. The summed E-state index contributed by atoms with van der Waals surface area (Å²) in [5, 5.41) is 9.22. The molecular weight excluding hydrogens is 252 g/mol. The lowest BCUT2D eigenvalue weighted by molar-refractivity contribution is 0.0696. The number of hydrogen-bond acceptors (Lipinski definition) is 2. The molecule has 20 heavy (non-hydrogen) atoms. The number of rotatable bonds is 8. The second-order valence-electron chi connectivity index (χ2n) is 5.17. The Labute approximate surface area is 121 Å². The fraction of sp³-hybridized carbons (Fsp3) is 0.471. The molecule has 0 atom stereocenters. The van der Waals surface area contributed by atoms with Crippen LogP contribution in [-0.4, -0.2) is 17.7 Å². The van der Waals surface area contributed by atoms with Crippen LogP contribution in [0.5, 0.6) is 5.75 Å². The summed E-state index contributed by atoms with van der Waals surface area (Å²) in [4.78, 5) is 11.2. The molecule has 0 unspecified atom stereocenters. The van der Waals surface area contributed by atoms with E-state index in [1.807, 2.05) is 6.92 Å². The second-order valence-corrected chi connectivity index (χ2v) is 5.17. The van der Waals surface area contributed by atoms with Crippen LogP contribution >= 0.6 is 0 Å². The molecule has 0 saturated carbocycles. The van der Waals surface area contributed by atoms with Crippen LogP contribution in [0.3, 0.4) is 0 Å². The van der Waals surface area contributed by atoms with E-state index in [2.05, 4.69) is 20.4 Å². The Morgan fingerprint density at radius 1 is 1.20 bits per heavy atom. The number of hydrogen-bond donors (Lipinski definition) is 1. The lowest BCUT2D eigenvalue weighted by atomic mass is 9.98. The highest BCUT2D eigenvalue weighted by Gasteiger charge is 2.15. The summed E-state index contributed by atoms with van der Waals surface area (Å²) < 4.78 is 5.88. The first-order valence-electron chi connectivity index (χ1n) is 7.15. The zero-order chi connectivity index (χ0) is 15.1. The van der Waals surface area contributed by atoms with Gasteiger partial charge < -0.3 is 9.84 Å². The van der Waals surface area contributed by atoms with Crippen LogP contribution in [0.2, 0.25) is 0 Å². The van der Waals surface area contributed by atoms with E-state index in [4.69, 9.17) is 4.74 Å². The van der Waals surface area contributed by atoms with Crippen molar-refractivity contribution in [3.05, 3.63) is 41.0 Å². The van der Waals surface area contributed by atoms with Crippen LogP contribution in [-0.2, 0) is 12.8 Å². The van der Waals surface area contributed by atoms with Crippen molar-refractivity contribution in [1.29, 1.82) is 0 Å². The Morgan fingerprint density at radius 2 is 1.70 bits per heavy atom. The first-order chi connectivity index (χ1) is 9.49. The topological polar surface area (TPSA) is 46.5 Å². The lowest BCUT2D eigenvalue weighted by Crippen LogP contribution is -2.07. The summed E-state index contributed by atoms with van der Waals surface area (Å²) in [6.07, 6.45) is 3.56. The SMILES string of the molecule is C=C(C)COc1c(CCC)cc(C(=O)O)cc1CCC. The van der Waals surface area contributed by atoms with E-state index >= 15 is 0 Å². The molecule has 0 heterocycles. The average molecular weight is 276 g/mol.